The molecule has 0 bridgehead atoms. The molecule has 7 nitrogen and oxygen atoms in total. The van der Waals surface area contributed by atoms with E-state index in [0.717, 1.165) is 25.9 Å². The summed E-state index contributed by atoms with van der Waals surface area (Å²) in [6.45, 7) is 3.81. The number of hydrazone groups is 1. The molecule has 1 aliphatic heterocycles. The average molecular weight is 312 g/mol. The topological polar surface area (TPSA) is 118 Å². The van der Waals surface area contributed by atoms with Crippen LogP contribution in [0, 0.1) is 22.7 Å². The highest BCUT2D eigenvalue weighted by molar-refractivity contribution is 6.45. The van der Waals surface area contributed by atoms with Crippen LogP contribution in [0.5, 0.6) is 0 Å². The summed E-state index contributed by atoms with van der Waals surface area (Å²) in [5, 5.41) is 19.7. The first-order chi connectivity index (χ1) is 11.0. The number of nitriles is 1. The van der Waals surface area contributed by atoms with Gasteiger partial charge in [0, 0.05) is 18.7 Å². The van der Waals surface area contributed by atoms with Crippen molar-refractivity contribution in [2.45, 2.75) is 19.8 Å². The minimum atomic E-state index is -0.397. The van der Waals surface area contributed by atoms with Gasteiger partial charge in [-0.15, -0.1) is 0 Å². The van der Waals surface area contributed by atoms with E-state index in [9.17, 15) is 4.79 Å². The van der Waals surface area contributed by atoms with Crippen LogP contribution >= 0.6 is 0 Å². The van der Waals surface area contributed by atoms with Crippen molar-refractivity contribution in [1.29, 1.82) is 10.7 Å². The van der Waals surface area contributed by atoms with E-state index in [4.69, 9.17) is 16.4 Å². The Labute approximate surface area is 135 Å². The molecule has 1 saturated heterocycles. The smallest absolute Gasteiger partial charge is 0.253 e. The first-order valence-corrected chi connectivity index (χ1v) is 7.48. The van der Waals surface area contributed by atoms with Crippen LogP contribution in [0.4, 0.5) is 5.69 Å². The van der Waals surface area contributed by atoms with Gasteiger partial charge in [0.15, 0.2) is 5.84 Å². The first-order valence-electron chi connectivity index (χ1n) is 7.48. The van der Waals surface area contributed by atoms with Crippen LogP contribution in [0.25, 0.3) is 0 Å². The third kappa shape index (κ3) is 4.30. The maximum absolute atomic E-state index is 12.4. The second-order valence-electron chi connectivity index (χ2n) is 5.65. The Morgan fingerprint density at radius 2 is 2.00 bits per heavy atom. The van der Waals surface area contributed by atoms with Gasteiger partial charge in [-0.25, -0.2) is 0 Å². The summed E-state index contributed by atoms with van der Waals surface area (Å²) in [6, 6.07) is 8.58. The summed E-state index contributed by atoms with van der Waals surface area (Å²) in [5.74, 6) is 0.318. The molecule has 0 aliphatic carbocycles. The Bertz CT molecular complexity index is 650. The molecule has 4 N–H and O–H groups in total. The van der Waals surface area contributed by atoms with Crippen molar-refractivity contribution in [3.63, 3.8) is 0 Å². The fourth-order valence-electron chi connectivity index (χ4n) is 2.35. The SMILES string of the molecule is CC1CCN(C(=O)c2ccc(N/N=C(\C#N)C(=N)N)cc2)CC1. The Morgan fingerprint density at radius 1 is 1.39 bits per heavy atom. The van der Waals surface area contributed by atoms with Crippen LogP contribution in [0.2, 0.25) is 0 Å². The monoisotopic (exact) mass is 312 g/mol. The van der Waals surface area contributed by atoms with E-state index in [1.165, 1.54) is 0 Å². The number of amidine groups is 1. The maximum Gasteiger partial charge on any atom is 0.253 e. The molecule has 1 aromatic carbocycles. The highest BCUT2D eigenvalue weighted by Gasteiger charge is 2.21. The molecule has 0 atom stereocenters. The van der Waals surface area contributed by atoms with Crippen LogP contribution in [-0.4, -0.2) is 35.4 Å². The number of nitrogens with two attached hydrogens (primary N) is 1. The maximum atomic E-state index is 12.4. The van der Waals surface area contributed by atoms with Crippen LogP contribution in [-0.2, 0) is 0 Å². The number of carbonyl (C=O) groups excluding carboxylic acids is 1. The van der Waals surface area contributed by atoms with Gasteiger partial charge in [-0.2, -0.15) is 10.4 Å². The fourth-order valence-corrected chi connectivity index (χ4v) is 2.35. The predicted molar refractivity (Wildman–Crippen MR) is 89.3 cm³/mol. The standard InChI is InChI=1S/C16H20N6O/c1-11-6-8-22(9-7-11)16(23)12-2-4-13(5-3-12)20-21-14(10-17)15(18)19/h2-5,11,20H,6-9H2,1H3,(H3,18,19)/b21-14+. The molecule has 0 saturated carbocycles. The molecular weight excluding hydrogens is 292 g/mol. The number of likely N-dealkylation sites (tertiary alicyclic amines) is 1. The van der Waals surface area contributed by atoms with Gasteiger partial charge in [0.25, 0.3) is 5.91 Å². The highest BCUT2D eigenvalue weighted by Crippen LogP contribution is 2.19. The van der Waals surface area contributed by atoms with Crippen molar-refractivity contribution in [3.8, 4) is 6.07 Å². The summed E-state index contributed by atoms with van der Waals surface area (Å²) >= 11 is 0. The molecule has 1 fully saturated rings. The third-order valence-corrected chi connectivity index (χ3v) is 3.86. The molecule has 2 rings (SSSR count). The van der Waals surface area contributed by atoms with E-state index in [-0.39, 0.29) is 11.6 Å². The molecule has 1 heterocycles. The summed E-state index contributed by atoms with van der Waals surface area (Å²) in [4.78, 5) is 14.3. The quantitative estimate of drug-likeness (QED) is 0.446. The number of hydrogen-bond acceptors (Lipinski definition) is 5. The first kappa shape index (κ1) is 16.5. The number of amides is 1. The number of carbonyl (C=O) groups is 1. The van der Waals surface area contributed by atoms with Crippen LogP contribution in [0.1, 0.15) is 30.1 Å². The number of nitrogens with one attached hydrogen (secondary N) is 2. The lowest BCUT2D eigenvalue weighted by Gasteiger charge is -2.30. The molecule has 23 heavy (non-hydrogen) atoms. The Hall–Kier alpha value is -2.88. The molecule has 1 aromatic rings. The van der Waals surface area contributed by atoms with Crippen molar-refractivity contribution in [1.82, 2.24) is 4.90 Å². The van der Waals surface area contributed by atoms with Crippen molar-refractivity contribution in [2.24, 2.45) is 16.8 Å². The molecule has 120 valence electrons. The van der Waals surface area contributed by atoms with Gasteiger partial charge in [0.1, 0.15) is 6.07 Å². The Balaban J connectivity index is 2.01. The Morgan fingerprint density at radius 3 is 2.52 bits per heavy atom. The predicted octanol–water partition coefficient (Wildman–Crippen LogP) is 1.79. The van der Waals surface area contributed by atoms with E-state index in [1.54, 1.807) is 30.3 Å². The molecule has 7 heteroatoms. The molecule has 0 aromatic heterocycles. The van der Waals surface area contributed by atoms with Crippen molar-refractivity contribution in [2.75, 3.05) is 18.5 Å². The average Bonchev–Trinajstić information content (AvgIpc) is 2.56. The molecule has 0 radical (unpaired) electrons. The van der Waals surface area contributed by atoms with E-state index >= 15 is 0 Å². The molecule has 1 amide bonds. The Kier molecular flexibility index (Phi) is 5.31. The molecule has 0 unspecified atom stereocenters. The van der Waals surface area contributed by atoms with Crippen LogP contribution < -0.4 is 11.2 Å². The zero-order chi connectivity index (χ0) is 16.8. The normalized spacial score (nSPS) is 15.8. The van der Waals surface area contributed by atoms with Gasteiger partial charge in [-0.1, -0.05) is 6.92 Å². The number of nitrogens with zero attached hydrogens (tertiary/aromatic N) is 3. The number of benzene rings is 1. The van der Waals surface area contributed by atoms with Crippen LogP contribution in [0.15, 0.2) is 29.4 Å². The van der Waals surface area contributed by atoms with Gasteiger partial charge in [-0.05, 0) is 43.0 Å². The zero-order valence-electron chi connectivity index (χ0n) is 13.0. The zero-order valence-corrected chi connectivity index (χ0v) is 13.0. The van der Waals surface area contributed by atoms with E-state index in [0.29, 0.717) is 17.2 Å². The third-order valence-electron chi connectivity index (χ3n) is 3.86. The van der Waals surface area contributed by atoms with Crippen molar-refractivity contribution in [3.05, 3.63) is 29.8 Å². The molecular formula is C16H20N6O. The second-order valence-corrected chi connectivity index (χ2v) is 5.65. The summed E-state index contributed by atoms with van der Waals surface area (Å²) < 4.78 is 0. The largest absolute Gasteiger partial charge is 0.382 e. The summed E-state index contributed by atoms with van der Waals surface area (Å²) in [6.07, 6.45) is 2.09. The molecule has 1 aliphatic rings. The molecule has 0 spiro atoms. The highest BCUT2D eigenvalue weighted by atomic mass is 16.2. The lowest BCUT2D eigenvalue weighted by atomic mass is 9.98. The van der Waals surface area contributed by atoms with E-state index < -0.39 is 5.84 Å². The van der Waals surface area contributed by atoms with E-state index in [1.807, 2.05) is 4.90 Å². The van der Waals surface area contributed by atoms with Crippen molar-refractivity contribution < 1.29 is 4.79 Å². The number of rotatable bonds is 4. The van der Waals surface area contributed by atoms with Crippen molar-refractivity contribution >= 4 is 23.1 Å². The van der Waals surface area contributed by atoms with Gasteiger partial charge < -0.3 is 10.6 Å². The van der Waals surface area contributed by atoms with Gasteiger partial charge in [-0.3, -0.25) is 15.6 Å². The fraction of sp³-hybridized carbons (Fsp3) is 0.375. The summed E-state index contributed by atoms with van der Waals surface area (Å²) in [7, 11) is 0. The summed E-state index contributed by atoms with van der Waals surface area (Å²) in [5.41, 5.74) is 8.91. The number of anilines is 1. The van der Waals surface area contributed by atoms with Gasteiger partial charge in [0.05, 0.1) is 5.69 Å². The minimum absolute atomic E-state index is 0.0356. The number of piperidine rings is 1. The lowest BCUT2D eigenvalue weighted by molar-refractivity contribution is 0.0697. The van der Waals surface area contributed by atoms with Crippen LogP contribution in [0.3, 0.4) is 0 Å². The lowest BCUT2D eigenvalue weighted by Crippen LogP contribution is -2.37. The second kappa shape index (κ2) is 7.40. The van der Waals surface area contributed by atoms with Gasteiger partial charge >= 0.3 is 0 Å². The number of hydrogen-bond donors (Lipinski definition) is 3. The van der Waals surface area contributed by atoms with Gasteiger partial charge in [0.2, 0.25) is 5.71 Å². The minimum Gasteiger partial charge on any atom is -0.382 e. The van der Waals surface area contributed by atoms with E-state index in [2.05, 4.69) is 17.5 Å².